The second kappa shape index (κ2) is 10.5. The summed E-state index contributed by atoms with van der Waals surface area (Å²) >= 11 is 0. The van der Waals surface area contributed by atoms with Gasteiger partial charge in [0.2, 0.25) is 5.95 Å². The summed E-state index contributed by atoms with van der Waals surface area (Å²) in [6.07, 6.45) is 2.97. The molecular formula is C28H24N8O3. The number of ether oxygens (including phenoxy) is 2. The van der Waals surface area contributed by atoms with Crippen LogP contribution in [0.2, 0.25) is 0 Å². The van der Waals surface area contributed by atoms with Crippen molar-refractivity contribution < 1.29 is 9.47 Å². The molecule has 0 bridgehead atoms. The highest BCUT2D eigenvalue weighted by Crippen LogP contribution is 2.33. The molecular weight excluding hydrogens is 496 g/mol. The van der Waals surface area contributed by atoms with Crippen LogP contribution in [0, 0.1) is 11.3 Å². The molecule has 5 rings (SSSR count). The first-order chi connectivity index (χ1) is 18.9. The van der Waals surface area contributed by atoms with Crippen molar-refractivity contribution in [2.24, 2.45) is 0 Å². The summed E-state index contributed by atoms with van der Waals surface area (Å²) in [6.45, 7) is 1.83. The highest BCUT2D eigenvalue weighted by molar-refractivity contribution is 5.94. The monoisotopic (exact) mass is 520 g/mol. The Bertz CT molecular complexity index is 1780. The first-order valence-corrected chi connectivity index (χ1v) is 11.9. The van der Waals surface area contributed by atoms with Crippen molar-refractivity contribution in [1.29, 1.82) is 5.26 Å². The molecule has 3 N–H and O–H groups in total. The van der Waals surface area contributed by atoms with Crippen molar-refractivity contribution in [3.8, 4) is 34.5 Å². The molecule has 3 heterocycles. The number of hydrogen-bond acceptors (Lipinski definition) is 10. The molecule has 0 radical (unpaired) electrons. The van der Waals surface area contributed by atoms with Gasteiger partial charge in [0.15, 0.2) is 5.75 Å². The summed E-state index contributed by atoms with van der Waals surface area (Å²) in [5, 5.41) is 13.1. The standard InChI is InChI=1S/C28H24N8O3/c1-16(33-24-18(13-29)15-32-28(30)35-24)25-34-21-11-7-10-20(17-12-22(38-2)26(39-3)31-14-17)23(21)27(37)36(25)19-8-5-4-6-9-19/h4-12,14-16H,1-3H3,(H3,30,32,33,35). The fraction of sp³-hybridized carbons (Fsp3) is 0.143. The maximum absolute atomic E-state index is 14.3. The van der Waals surface area contributed by atoms with Crippen molar-refractivity contribution in [3.05, 3.63) is 88.7 Å². The fourth-order valence-electron chi connectivity index (χ4n) is 4.34. The van der Waals surface area contributed by atoms with Crippen LogP contribution < -0.4 is 26.1 Å². The number of nitrogens with one attached hydrogen (secondary N) is 1. The maximum Gasteiger partial charge on any atom is 0.266 e. The lowest BCUT2D eigenvalue weighted by Gasteiger charge is -2.21. The number of hydrogen-bond donors (Lipinski definition) is 2. The maximum atomic E-state index is 14.3. The Balaban J connectivity index is 1.74. The molecule has 5 aromatic rings. The highest BCUT2D eigenvalue weighted by atomic mass is 16.5. The van der Waals surface area contributed by atoms with E-state index in [0.29, 0.717) is 45.2 Å². The number of aromatic nitrogens is 5. The van der Waals surface area contributed by atoms with Gasteiger partial charge in [-0.15, -0.1) is 0 Å². The van der Waals surface area contributed by atoms with Gasteiger partial charge in [0, 0.05) is 11.8 Å². The molecule has 1 unspecified atom stereocenters. The zero-order chi connectivity index (χ0) is 27.5. The van der Waals surface area contributed by atoms with E-state index in [4.69, 9.17) is 20.2 Å². The third kappa shape index (κ3) is 4.67. The normalized spacial score (nSPS) is 11.5. The zero-order valence-electron chi connectivity index (χ0n) is 21.4. The van der Waals surface area contributed by atoms with E-state index in [2.05, 4.69) is 26.3 Å². The molecule has 3 aromatic heterocycles. The number of nitrogen functional groups attached to an aromatic ring is 1. The summed E-state index contributed by atoms with van der Waals surface area (Å²) < 4.78 is 12.3. The average molecular weight is 521 g/mol. The van der Waals surface area contributed by atoms with E-state index in [9.17, 15) is 10.1 Å². The number of pyridine rings is 1. The van der Waals surface area contributed by atoms with Crippen LogP contribution in [-0.2, 0) is 0 Å². The predicted octanol–water partition coefficient (Wildman–Crippen LogP) is 3.88. The molecule has 11 nitrogen and oxygen atoms in total. The summed E-state index contributed by atoms with van der Waals surface area (Å²) in [5.74, 6) is 1.46. The van der Waals surface area contributed by atoms with Gasteiger partial charge in [-0.1, -0.05) is 30.3 Å². The van der Waals surface area contributed by atoms with Gasteiger partial charge in [0.05, 0.1) is 43.0 Å². The highest BCUT2D eigenvalue weighted by Gasteiger charge is 2.22. The lowest BCUT2D eigenvalue weighted by Crippen LogP contribution is -2.28. The van der Waals surface area contributed by atoms with E-state index < -0.39 is 6.04 Å². The van der Waals surface area contributed by atoms with E-state index in [1.807, 2.05) is 49.4 Å². The van der Waals surface area contributed by atoms with Crippen LogP contribution in [0.15, 0.2) is 71.8 Å². The van der Waals surface area contributed by atoms with Gasteiger partial charge in [-0.3, -0.25) is 9.36 Å². The Hall–Kier alpha value is -5.50. The van der Waals surface area contributed by atoms with E-state index in [1.54, 1.807) is 22.9 Å². The molecule has 194 valence electrons. The number of nitrogens with zero attached hydrogens (tertiary/aromatic N) is 6. The number of para-hydroxylation sites is 1. The van der Waals surface area contributed by atoms with Gasteiger partial charge in [0.1, 0.15) is 23.3 Å². The number of methoxy groups -OCH3 is 2. The first-order valence-electron chi connectivity index (χ1n) is 11.9. The fourth-order valence-corrected chi connectivity index (χ4v) is 4.34. The molecule has 0 saturated carbocycles. The SMILES string of the molecule is COc1cc(-c2cccc3nc(C(C)Nc4nc(N)ncc4C#N)n(-c4ccccc4)c(=O)c23)cnc1OC. The first kappa shape index (κ1) is 25.2. The number of anilines is 2. The summed E-state index contributed by atoms with van der Waals surface area (Å²) in [5.41, 5.74) is 8.14. The number of nitriles is 1. The lowest BCUT2D eigenvalue weighted by atomic mass is 10.0. The van der Waals surface area contributed by atoms with Crippen molar-refractivity contribution in [2.75, 3.05) is 25.3 Å². The van der Waals surface area contributed by atoms with Gasteiger partial charge in [-0.05, 0) is 36.8 Å². The Morgan fingerprint density at radius 1 is 1.03 bits per heavy atom. The summed E-state index contributed by atoms with van der Waals surface area (Å²) in [6, 6.07) is 17.9. The molecule has 0 aliphatic rings. The van der Waals surface area contributed by atoms with Crippen LogP contribution in [0.5, 0.6) is 11.6 Å². The van der Waals surface area contributed by atoms with Crippen LogP contribution >= 0.6 is 0 Å². The number of fused-ring (bicyclic) bond motifs is 1. The van der Waals surface area contributed by atoms with Gasteiger partial charge >= 0.3 is 0 Å². The third-order valence-electron chi connectivity index (χ3n) is 6.15. The molecule has 39 heavy (non-hydrogen) atoms. The lowest BCUT2D eigenvalue weighted by molar-refractivity contribution is 0.343. The van der Waals surface area contributed by atoms with Gasteiger partial charge in [-0.25, -0.2) is 15.0 Å². The molecule has 0 saturated heterocycles. The van der Waals surface area contributed by atoms with Gasteiger partial charge < -0.3 is 20.5 Å². The van der Waals surface area contributed by atoms with Gasteiger partial charge in [0.25, 0.3) is 11.4 Å². The Morgan fingerprint density at radius 2 is 1.82 bits per heavy atom. The third-order valence-corrected chi connectivity index (χ3v) is 6.15. The Morgan fingerprint density at radius 3 is 2.54 bits per heavy atom. The molecule has 0 amide bonds. The quantitative estimate of drug-likeness (QED) is 0.323. The summed E-state index contributed by atoms with van der Waals surface area (Å²) in [4.78, 5) is 31.6. The van der Waals surface area contributed by atoms with Crippen LogP contribution in [0.4, 0.5) is 11.8 Å². The largest absolute Gasteiger partial charge is 0.491 e. The average Bonchev–Trinajstić information content (AvgIpc) is 2.96. The number of benzene rings is 2. The molecule has 0 spiro atoms. The molecule has 0 aliphatic carbocycles. The van der Waals surface area contributed by atoms with Crippen LogP contribution in [0.3, 0.4) is 0 Å². The predicted molar refractivity (Wildman–Crippen MR) is 147 cm³/mol. The molecule has 0 fully saturated rings. The molecule has 11 heteroatoms. The van der Waals surface area contributed by atoms with E-state index in [-0.39, 0.29) is 22.9 Å². The number of rotatable bonds is 7. The van der Waals surface area contributed by atoms with Crippen LogP contribution in [-0.4, -0.2) is 38.7 Å². The van der Waals surface area contributed by atoms with E-state index in [0.717, 1.165) is 0 Å². The molecule has 2 aromatic carbocycles. The minimum atomic E-state index is -0.546. The van der Waals surface area contributed by atoms with E-state index in [1.165, 1.54) is 20.4 Å². The van der Waals surface area contributed by atoms with Crippen molar-refractivity contribution in [2.45, 2.75) is 13.0 Å². The molecule has 1 atom stereocenters. The Labute approximate surface area is 223 Å². The van der Waals surface area contributed by atoms with Crippen LogP contribution in [0.1, 0.15) is 24.4 Å². The van der Waals surface area contributed by atoms with Crippen molar-refractivity contribution >= 4 is 22.7 Å². The minimum Gasteiger partial charge on any atom is -0.491 e. The Kier molecular flexibility index (Phi) is 6.75. The smallest absolute Gasteiger partial charge is 0.266 e. The van der Waals surface area contributed by atoms with Crippen LogP contribution in [0.25, 0.3) is 27.7 Å². The summed E-state index contributed by atoms with van der Waals surface area (Å²) in [7, 11) is 3.04. The van der Waals surface area contributed by atoms with E-state index >= 15 is 0 Å². The number of nitrogens with two attached hydrogens (primary N) is 1. The molecule has 0 aliphatic heterocycles. The minimum absolute atomic E-state index is 0.0174. The second-order valence-corrected chi connectivity index (χ2v) is 8.55. The van der Waals surface area contributed by atoms with Crippen molar-refractivity contribution in [1.82, 2.24) is 24.5 Å². The zero-order valence-corrected chi connectivity index (χ0v) is 21.4. The topological polar surface area (TPSA) is 154 Å². The van der Waals surface area contributed by atoms with Crippen molar-refractivity contribution in [3.63, 3.8) is 0 Å². The van der Waals surface area contributed by atoms with Gasteiger partial charge in [-0.2, -0.15) is 10.2 Å². The second-order valence-electron chi connectivity index (χ2n) is 8.55.